The summed E-state index contributed by atoms with van der Waals surface area (Å²) in [5.41, 5.74) is 4.73. The first-order chi connectivity index (χ1) is 9.66. The monoisotopic (exact) mass is 309 g/mol. The van der Waals surface area contributed by atoms with Crippen molar-refractivity contribution in [1.29, 1.82) is 0 Å². The molecule has 0 radical (unpaired) electrons. The predicted octanol–water partition coefficient (Wildman–Crippen LogP) is 2.40. The number of thioether (sulfide) groups is 2. The molecular formula is C14H19N3OS2. The number of rotatable bonds is 4. The first-order valence-electron chi connectivity index (χ1n) is 6.50. The Bertz CT molecular complexity index is 468. The normalized spacial score (nSPS) is 16.3. The molecule has 2 rings (SSSR count). The Morgan fingerprint density at radius 1 is 1.30 bits per heavy atom. The highest BCUT2D eigenvalue weighted by Crippen LogP contribution is 2.30. The molecule has 0 aromatic heterocycles. The first kappa shape index (κ1) is 15.3. The molecule has 1 heterocycles. The molecule has 1 saturated heterocycles. The number of benzene rings is 1. The summed E-state index contributed by atoms with van der Waals surface area (Å²) in [5.74, 6) is 2.10. The number of hydrogen-bond acceptors (Lipinski definition) is 5. The van der Waals surface area contributed by atoms with Gasteiger partial charge in [-0.2, -0.15) is 5.10 Å². The van der Waals surface area contributed by atoms with Crippen LogP contribution in [0.25, 0.3) is 0 Å². The van der Waals surface area contributed by atoms with Crippen molar-refractivity contribution in [2.45, 2.75) is 11.0 Å². The minimum absolute atomic E-state index is 0.0131. The van der Waals surface area contributed by atoms with Gasteiger partial charge in [-0.3, -0.25) is 4.79 Å². The Balaban J connectivity index is 1.84. The number of anilines is 1. The van der Waals surface area contributed by atoms with Crippen LogP contribution in [0, 0.1) is 0 Å². The van der Waals surface area contributed by atoms with Gasteiger partial charge < -0.3 is 4.90 Å². The third-order valence-corrected chi connectivity index (χ3v) is 5.74. The molecule has 108 valence electrons. The van der Waals surface area contributed by atoms with Gasteiger partial charge in [-0.05, 0) is 35.6 Å². The van der Waals surface area contributed by atoms with E-state index in [0.717, 1.165) is 22.8 Å². The largest absolute Gasteiger partial charge is 0.378 e. The van der Waals surface area contributed by atoms with Crippen molar-refractivity contribution < 1.29 is 4.79 Å². The number of carbonyl (C=O) groups excluding carboxylic acids is 1. The molecule has 1 N–H and O–H groups in total. The summed E-state index contributed by atoms with van der Waals surface area (Å²) in [7, 11) is 4.01. The summed E-state index contributed by atoms with van der Waals surface area (Å²) >= 11 is 3.39. The zero-order chi connectivity index (χ0) is 14.4. The molecule has 1 aliphatic heterocycles. The fourth-order valence-electron chi connectivity index (χ4n) is 1.72. The maximum Gasteiger partial charge on any atom is 0.263 e. The molecule has 1 fully saturated rings. The van der Waals surface area contributed by atoms with Crippen LogP contribution in [0.2, 0.25) is 0 Å². The van der Waals surface area contributed by atoms with Crippen molar-refractivity contribution in [3.8, 4) is 0 Å². The van der Waals surface area contributed by atoms with Crippen LogP contribution in [0.3, 0.4) is 0 Å². The molecule has 0 saturated carbocycles. The van der Waals surface area contributed by atoms with Gasteiger partial charge in [0.15, 0.2) is 0 Å². The zero-order valence-corrected chi connectivity index (χ0v) is 13.3. The minimum atomic E-state index is -0.0167. The topological polar surface area (TPSA) is 44.7 Å². The van der Waals surface area contributed by atoms with E-state index >= 15 is 0 Å². The lowest BCUT2D eigenvalue weighted by Gasteiger charge is -2.18. The Morgan fingerprint density at radius 2 is 1.95 bits per heavy atom. The van der Waals surface area contributed by atoms with Crippen LogP contribution in [0.15, 0.2) is 29.4 Å². The van der Waals surface area contributed by atoms with Gasteiger partial charge in [0.2, 0.25) is 0 Å². The fraction of sp³-hybridized carbons (Fsp3) is 0.429. The fourth-order valence-corrected chi connectivity index (χ4v) is 4.32. The molecule has 4 nitrogen and oxygen atoms in total. The lowest BCUT2D eigenvalue weighted by Crippen LogP contribution is -2.29. The Hall–Kier alpha value is -1.14. The van der Waals surface area contributed by atoms with Crippen LogP contribution in [0.1, 0.15) is 12.0 Å². The lowest BCUT2D eigenvalue weighted by atomic mass is 10.2. The molecule has 1 aliphatic rings. The highest BCUT2D eigenvalue weighted by atomic mass is 32.2. The molecule has 1 amide bonds. The van der Waals surface area contributed by atoms with E-state index in [1.165, 1.54) is 6.42 Å². The smallest absolute Gasteiger partial charge is 0.263 e. The third kappa shape index (κ3) is 4.45. The van der Waals surface area contributed by atoms with Gasteiger partial charge in [-0.15, -0.1) is 23.5 Å². The number of carbonyl (C=O) groups is 1. The number of nitrogens with one attached hydrogen (secondary N) is 1. The summed E-state index contributed by atoms with van der Waals surface area (Å²) in [5, 5.41) is 4.03. The van der Waals surface area contributed by atoms with Gasteiger partial charge in [0.1, 0.15) is 4.58 Å². The minimum Gasteiger partial charge on any atom is -0.378 e. The van der Waals surface area contributed by atoms with Gasteiger partial charge in [0.05, 0.1) is 6.21 Å². The standard InChI is InChI=1S/C14H19N3OS2/c1-17(2)12-6-4-11(5-7-12)10-15-16-13(18)14-19-8-3-9-20-14/h4-7,10,14H,3,8-9H2,1-2H3,(H,16,18). The molecule has 1 aromatic carbocycles. The Kier molecular flexibility index (Phi) is 5.79. The van der Waals surface area contributed by atoms with E-state index in [0.29, 0.717) is 0 Å². The zero-order valence-electron chi connectivity index (χ0n) is 11.7. The van der Waals surface area contributed by atoms with Crippen LogP contribution in [0.5, 0.6) is 0 Å². The highest BCUT2D eigenvalue weighted by molar-refractivity contribution is 8.18. The second-order valence-electron chi connectivity index (χ2n) is 4.65. The van der Waals surface area contributed by atoms with Crippen LogP contribution in [-0.4, -0.2) is 42.3 Å². The van der Waals surface area contributed by atoms with Crippen LogP contribution >= 0.6 is 23.5 Å². The highest BCUT2D eigenvalue weighted by Gasteiger charge is 2.21. The maximum atomic E-state index is 11.9. The summed E-state index contributed by atoms with van der Waals surface area (Å²) < 4.78 is -0.0167. The van der Waals surface area contributed by atoms with Gasteiger partial charge in [0.25, 0.3) is 5.91 Å². The summed E-state index contributed by atoms with van der Waals surface area (Å²) in [6, 6.07) is 8.01. The van der Waals surface area contributed by atoms with E-state index < -0.39 is 0 Å². The van der Waals surface area contributed by atoms with E-state index in [-0.39, 0.29) is 10.5 Å². The first-order valence-corrected chi connectivity index (χ1v) is 8.60. The van der Waals surface area contributed by atoms with Crippen molar-refractivity contribution in [3.05, 3.63) is 29.8 Å². The summed E-state index contributed by atoms with van der Waals surface area (Å²) in [6.45, 7) is 0. The van der Waals surface area contributed by atoms with Gasteiger partial charge in [-0.1, -0.05) is 12.1 Å². The van der Waals surface area contributed by atoms with Gasteiger partial charge in [-0.25, -0.2) is 5.43 Å². The molecule has 0 aliphatic carbocycles. The van der Waals surface area contributed by atoms with Crippen LogP contribution in [-0.2, 0) is 4.79 Å². The Morgan fingerprint density at radius 3 is 2.55 bits per heavy atom. The van der Waals surface area contributed by atoms with E-state index in [1.54, 1.807) is 29.7 Å². The van der Waals surface area contributed by atoms with E-state index in [1.807, 2.05) is 43.3 Å². The summed E-state index contributed by atoms with van der Waals surface area (Å²) in [4.78, 5) is 13.9. The average molecular weight is 309 g/mol. The van der Waals surface area contributed by atoms with Crippen LogP contribution < -0.4 is 10.3 Å². The SMILES string of the molecule is CN(C)c1ccc(C=NNC(=O)C2SCCCS2)cc1. The molecule has 1 aromatic rings. The lowest BCUT2D eigenvalue weighted by molar-refractivity contribution is -0.119. The molecule has 0 atom stereocenters. The predicted molar refractivity (Wildman–Crippen MR) is 89.8 cm³/mol. The third-order valence-electron chi connectivity index (χ3n) is 2.84. The summed E-state index contributed by atoms with van der Waals surface area (Å²) in [6.07, 6.45) is 2.86. The average Bonchev–Trinajstić information content (AvgIpc) is 2.48. The van der Waals surface area contributed by atoms with E-state index in [4.69, 9.17) is 0 Å². The second-order valence-corrected chi connectivity index (χ2v) is 7.37. The van der Waals surface area contributed by atoms with Gasteiger partial charge >= 0.3 is 0 Å². The van der Waals surface area contributed by atoms with Crippen molar-refractivity contribution in [2.24, 2.45) is 5.10 Å². The number of nitrogens with zero attached hydrogens (tertiary/aromatic N) is 2. The number of amides is 1. The van der Waals surface area contributed by atoms with Crippen molar-refractivity contribution in [1.82, 2.24) is 5.43 Å². The molecule has 0 bridgehead atoms. The second kappa shape index (κ2) is 7.59. The number of hydrogen-bond donors (Lipinski definition) is 1. The molecular weight excluding hydrogens is 290 g/mol. The molecule has 20 heavy (non-hydrogen) atoms. The van der Waals surface area contributed by atoms with Crippen molar-refractivity contribution in [3.63, 3.8) is 0 Å². The van der Waals surface area contributed by atoms with Gasteiger partial charge in [0, 0.05) is 19.8 Å². The van der Waals surface area contributed by atoms with E-state index in [9.17, 15) is 4.79 Å². The van der Waals surface area contributed by atoms with Crippen molar-refractivity contribution >= 4 is 41.3 Å². The Labute approximate surface area is 128 Å². The van der Waals surface area contributed by atoms with E-state index in [2.05, 4.69) is 10.5 Å². The van der Waals surface area contributed by atoms with Crippen molar-refractivity contribution in [2.75, 3.05) is 30.5 Å². The van der Waals surface area contributed by atoms with Crippen LogP contribution in [0.4, 0.5) is 5.69 Å². The molecule has 0 spiro atoms. The molecule has 0 unspecified atom stereocenters. The number of hydrazone groups is 1. The quantitative estimate of drug-likeness (QED) is 0.685. The maximum absolute atomic E-state index is 11.9. The molecule has 6 heteroatoms.